The fourth-order valence-corrected chi connectivity index (χ4v) is 2.75. The summed E-state index contributed by atoms with van der Waals surface area (Å²) in [5, 5.41) is 7.66. The number of benzene rings is 2. The molecule has 0 unspecified atom stereocenters. The van der Waals surface area contributed by atoms with Crippen molar-refractivity contribution in [3.8, 4) is 5.69 Å². The molecular weight excluding hydrogens is 322 g/mol. The minimum Gasteiger partial charge on any atom is -0.370 e. The Labute approximate surface area is 154 Å². The third-order valence-corrected chi connectivity index (χ3v) is 4.21. The van der Waals surface area contributed by atoms with E-state index >= 15 is 0 Å². The first-order valence-electron chi connectivity index (χ1n) is 8.80. The molecule has 0 saturated heterocycles. The number of nitrogens with one attached hydrogen (secondary N) is 1. The molecule has 0 spiro atoms. The van der Waals surface area contributed by atoms with Crippen LogP contribution in [0.2, 0.25) is 0 Å². The zero-order valence-corrected chi connectivity index (χ0v) is 15.5. The maximum Gasteiger partial charge on any atom is 0.193 e. The summed E-state index contributed by atoms with van der Waals surface area (Å²) in [4.78, 5) is 4.50. The monoisotopic (exact) mass is 347 g/mol. The van der Waals surface area contributed by atoms with Crippen LogP contribution < -0.4 is 11.1 Å². The van der Waals surface area contributed by atoms with Gasteiger partial charge >= 0.3 is 0 Å². The van der Waals surface area contributed by atoms with Crippen LogP contribution in [-0.4, -0.2) is 15.7 Å². The molecule has 0 aliphatic heterocycles. The van der Waals surface area contributed by atoms with Crippen LogP contribution in [0.5, 0.6) is 0 Å². The lowest BCUT2D eigenvalue weighted by molar-refractivity contribution is 0.844. The van der Waals surface area contributed by atoms with E-state index in [0.717, 1.165) is 22.6 Å². The summed E-state index contributed by atoms with van der Waals surface area (Å²) in [6, 6.07) is 18.3. The number of para-hydroxylation sites is 1. The molecule has 0 atom stereocenters. The summed E-state index contributed by atoms with van der Waals surface area (Å²) in [6.07, 6.45) is 1.96. The summed E-state index contributed by atoms with van der Waals surface area (Å²) >= 11 is 0. The number of nitrogens with zero attached hydrogens (tertiary/aromatic N) is 3. The van der Waals surface area contributed by atoms with Gasteiger partial charge in [-0.05, 0) is 48.2 Å². The van der Waals surface area contributed by atoms with Crippen LogP contribution >= 0.6 is 0 Å². The van der Waals surface area contributed by atoms with Crippen LogP contribution in [0.25, 0.3) is 5.69 Å². The maximum atomic E-state index is 6.09. The fourth-order valence-electron chi connectivity index (χ4n) is 2.75. The highest BCUT2D eigenvalue weighted by Crippen LogP contribution is 2.19. The maximum absolute atomic E-state index is 6.09. The average Bonchev–Trinajstić information content (AvgIpc) is 3.06. The van der Waals surface area contributed by atoms with Gasteiger partial charge in [-0.1, -0.05) is 44.2 Å². The van der Waals surface area contributed by atoms with Crippen LogP contribution in [0.1, 0.15) is 36.6 Å². The standard InChI is InChI=1S/C21H25N5/c1-15(2)17-8-6-9-19(13-17)24-21(22)23-14-18-7-4-5-10-20(18)26-12-11-16(3)25-26/h4-13,15H,14H2,1-3H3,(H3,22,23,24). The van der Waals surface area contributed by atoms with Gasteiger partial charge in [0.25, 0.3) is 0 Å². The number of hydrogen-bond donors (Lipinski definition) is 2. The van der Waals surface area contributed by atoms with Crippen molar-refractivity contribution < 1.29 is 0 Å². The normalized spacial score (nSPS) is 11.8. The first-order valence-corrected chi connectivity index (χ1v) is 8.80. The summed E-state index contributed by atoms with van der Waals surface area (Å²) in [5.74, 6) is 0.872. The van der Waals surface area contributed by atoms with Gasteiger partial charge in [0.15, 0.2) is 5.96 Å². The predicted molar refractivity (Wildman–Crippen MR) is 108 cm³/mol. The van der Waals surface area contributed by atoms with Crippen molar-refractivity contribution in [1.29, 1.82) is 0 Å². The highest BCUT2D eigenvalue weighted by atomic mass is 15.3. The van der Waals surface area contributed by atoms with E-state index in [4.69, 9.17) is 5.73 Å². The Morgan fingerprint density at radius 2 is 1.96 bits per heavy atom. The van der Waals surface area contributed by atoms with Crippen molar-refractivity contribution in [2.45, 2.75) is 33.2 Å². The lowest BCUT2D eigenvalue weighted by Crippen LogP contribution is -2.22. The largest absolute Gasteiger partial charge is 0.370 e. The Morgan fingerprint density at radius 1 is 1.15 bits per heavy atom. The Hall–Kier alpha value is -3.08. The molecule has 0 aliphatic carbocycles. The number of rotatable bonds is 5. The third-order valence-electron chi connectivity index (χ3n) is 4.21. The Balaban J connectivity index is 1.75. The second-order valence-electron chi connectivity index (χ2n) is 6.64. The van der Waals surface area contributed by atoms with E-state index in [9.17, 15) is 0 Å². The van der Waals surface area contributed by atoms with Gasteiger partial charge in [-0.3, -0.25) is 0 Å². The molecule has 134 valence electrons. The van der Waals surface area contributed by atoms with Crippen molar-refractivity contribution in [1.82, 2.24) is 9.78 Å². The Kier molecular flexibility index (Phi) is 5.37. The van der Waals surface area contributed by atoms with Gasteiger partial charge in [0, 0.05) is 11.9 Å². The number of anilines is 1. The summed E-state index contributed by atoms with van der Waals surface area (Å²) < 4.78 is 1.87. The number of aromatic nitrogens is 2. The number of hydrogen-bond acceptors (Lipinski definition) is 2. The second kappa shape index (κ2) is 7.87. The molecule has 1 aromatic heterocycles. The molecule has 5 nitrogen and oxygen atoms in total. The zero-order valence-electron chi connectivity index (χ0n) is 15.5. The number of nitrogens with two attached hydrogens (primary N) is 1. The smallest absolute Gasteiger partial charge is 0.193 e. The molecule has 0 aliphatic rings. The highest BCUT2D eigenvalue weighted by Gasteiger charge is 2.05. The minimum atomic E-state index is 0.400. The van der Waals surface area contributed by atoms with E-state index in [1.807, 2.05) is 60.3 Å². The summed E-state index contributed by atoms with van der Waals surface area (Å²) in [7, 11) is 0. The van der Waals surface area contributed by atoms with Crippen LogP contribution in [-0.2, 0) is 6.54 Å². The second-order valence-corrected chi connectivity index (χ2v) is 6.64. The number of guanidine groups is 1. The Morgan fingerprint density at radius 3 is 2.69 bits per heavy atom. The van der Waals surface area contributed by atoms with Crippen LogP contribution in [0.15, 0.2) is 65.8 Å². The first kappa shape index (κ1) is 17.7. The Bertz CT molecular complexity index is 908. The quantitative estimate of drug-likeness (QED) is 0.536. The number of aliphatic imine (C=N–C) groups is 1. The van der Waals surface area contributed by atoms with E-state index in [0.29, 0.717) is 18.4 Å². The molecule has 0 amide bonds. The van der Waals surface area contributed by atoms with Crippen LogP contribution in [0, 0.1) is 6.92 Å². The molecule has 0 fully saturated rings. The van der Waals surface area contributed by atoms with Gasteiger partial charge in [-0.15, -0.1) is 0 Å². The number of aryl methyl sites for hydroxylation is 1. The molecule has 3 rings (SSSR count). The summed E-state index contributed by atoms with van der Waals surface area (Å²) in [6.45, 7) is 6.80. The molecule has 0 radical (unpaired) electrons. The van der Waals surface area contributed by atoms with E-state index in [1.165, 1.54) is 5.56 Å². The fraction of sp³-hybridized carbons (Fsp3) is 0.238. The van der Waals surface area contributed by atoms with Crippen LogP contribution in [0.3, 0.4) is 0 Å². The molecule has 1 heterocycles. The van der Waals surface area contributed by atoms with Crippen molar-refractivity contribution in [3.63, 3.8) is 0 Å². The van der Waals surface area contributed by atoms with Crippen molar-refractivity contribution in [2.24, 2.45) is 10.7 Å². The molecule has 0 bridgehead atoms. The predicted octanol–water partition coefficient (Wildman–Crippen LogP) is 4.23. The van der Waals surface area contributed by atoms with Crippen molar-refractivity contribution in [2.75, 3.05) is 5.32 Å². The van der Waals surface area contributed by atoms with Gasteiger partial charge in [-0.25, -0.2) is 9.67 Å². The van der Waals surface area contributed by atoms with Gasteiger partial charge < -0.3 is 11.1 Å². The van der Waals surface area contributed by atoms with E-state index in [1.54, 1.807) is 0 Å². The van der Waals surface area contributed by atoms with Crippen molar-refractivity contribution >= 4 is 11.6 Å². The van der Waals surface area contributed by atoms with Gasteiger partial charge in [-0.2, -0.15) is 5.10 Å². The van der Waals surface area contributed by atoms with E-state index < -0.39 is 0 Å². The molecule has 5 heteroatoms. The zero-order chi connectivity index (χ0) is 18.5. The lowest BCUT2D eigenvalue weighted by Gasteiger charge is -2.11. The topological polar surface area (TPSA) is 68.2 Å². The molecule has 3 aromatic rings. The SMILES string of the molecule is Cc1ccn(-c2ccccc2CN=C(N)Nc2cccc(C(C)C)c2)n1. The average molecular weight is 347 g/mol. The minimum absolute atomic E-state index is 0.400. The first-order chi connectivity index (χ1) is 12.5. The lowest BCUT2D eigenvalue weighted by atomic mass is 10.0. The molecule has 3 N–H and O–H groups in total. The van der Waals surface area contributed by atoms with E-state index in [-0.39, 0.29) is 0 Å². The highest BCUT2D eigenvalue weighted by molar-refractivity contribution is 5.92. The summed E-state index contributed by atoms with van der Waals surface area (Å²) in [5.41, 5.74) is 11.4. The molecule has 0 saturated carbocycles. The van der Waals surface area contributed by atoms with E-state index in [2.05, 4.69) is 41.4 Å². The molecular formula is C21H25N5. The third kappa shape index (κ3) is 4.30. The van der Waals surface area contributed by atoms with Gasteiger partial charge in [0.1, 0.15) is 0 Å². The molecule has 2 aromatic carbocycles. The van der Waals surface area contributed by atoms with Gasteiger partial charge in [0.2, 0.25) is 0 Å². The van der Waals surface area contributed by atoms with Crippen molar-refractivity contribution in [3.05, 3.63) is 77.6 Å². The van der Waals surface area contributed by atoms with Gasteiger partial charge in [0.05, 0.1) is 17.9 Å². The molecule has 26 heavy (non-hydrogen) atoms. The van der Waals surface area contributed by atoms with Crippen LogP contribution in [0.4, 0.5) is 5.69 Å².